The number of phenols is 2. The molecular weight excluding hydrogens is 210 g/mol. The number of aromatic hydroxyl groups is 2. The molecule has 0 heterocycles. The highest BCUT2D eigenvalue weighted by Crippen LogP contribution is 2.20. The molecule has 0 spiro atoms. The zero-order valence-corrected chi connectivity index (χ0v) is 8.97. The van der Waals surface area contributed by atoms with Crippen LogP contribution in [0.1, 0.15) is 23.7 Å². The van der Waals surface area contributed by atoms with Gasteiger partial charge in [0.25, 0.3) is 5.91 Å². The quantitative estimate of drug-likeness (QED) is 0.604. The number of aliphatic hydroxyl groups excluding tert-OH is 1. The standard InChI is InChI=1S/C11H15NO4/c1-2-8(6-13)12-11(16)7-3-9(14)5-10(15)4-7/h3-5,8,13-15H,2,6H2,1H3,(H,12,16)/t8-/m1/s1. The van der Waals surface area contributed by atoms with Crippen molar-refractivity contribution >= 4 is 5.91 Å². The number of phenolic OH excluding ortho intramolecular Hbond substituents is 2. The molecule has 1 rings (SSSR count). The maximum atomic E-state index is 11.6. The highest BCUT2D eigenvalue weighted by Gasteiger charge is 2.12. The Labute approximate surface area is 93.4 Å². The lowest BCUT2D eigenvalue weighted by Crippen LogP contribution is -2.36. The van der Waals surface area contributed by atoms with Crippen molar-refractivity contribution in [3.63, 3.8) is 0 Å². The van der Waals surface area contributed by atoms with E-state index in [2.05, 4.69) is 5.32 Å². The molecule has 1 aromatic rings. The van der Waals surface area contributed by atoms with Gasteiger partial charge in [0, 0.05) is 11.6 Å². The topological polar surface area (TPSA) is 89.8 Å². The van der Waals surface area contributed by atoms with Gasteiger partial charge in [-0.25, -0.2) is 0 Å². The van der Waals surface area contributed by atoms with Crippen LogP contribution in [-0.2, 0) is 0 Å². The summed E-state index contributed by atoms with van der Waals surface area (Å²) in [5.41, 5.74) is 0.157. The van der Waals surface area contributed by atoms with Gasteiger partial charge in [0.05, 0.1) is 12.6 Å². The van der Waals surface area contributed by atoms with Crippen molar-refractivity contribution in [3.05, 3.63) is 23.8 Å². The summed E-state index contributed by atoms with van der Waals surface area (Å²) in [6, 6.07) is 3.32. The smallest absolute Gasteiger partial charge is 0.251 e. The van der Waals surface area contributed by atoms with Crippen LogP contribution in [0, 0.1) is 0 Å². The van der Waals surface area contributed by atoms with Gasteiger partial charge in [-0.2, -0.15) is 0 Å². The van der Waals surface area contributed by atoms with Crippen LogP contribution in [0.2, 0.25) is 0 Å². The van der Waals surface area contributed by atoms with Crippen LogP contribution in [0.25, 0.3) is 0 Å². The van der Waals surface area contributed by atoms with Gasteiger partial charge in [0.2, 0.25) is 0 Å². The summed E-state index contributed by atoms with van der Waals surface area (Å²) < 4.78 is 0. The Bertz CT molecular complexity index is 354. The molecule has 0 aliphatic carbocycles. The van der Waals surface area contributed by atoms with Crippen LogP contribution in [0.15, 0.2) is 18.2 Å². The first-order valence-electron chi connectivity index (χ1n) is 5.01. The molecule has 0 aliphatic rings. The molecule has 0 saturated heterocycles. The lowest BCUT2D eigenvalue weighted by atomic mass is 10.1. The van der Waals surface area contributed by atoms with Crippen molar-refractivity contribution in [1.82, 2.24) is 5.32 Å². The van der Waals surface area contributed by atoms with E-state index in [1.54, 1.807) is 0 Å². The number of carbonyl (C=O) groups is 1. The zero-order chi connectivity index (χ0) is 12.1. The maximum absolute atomic E-state index is 11.6. The lowest BCUT2D eigenvalue weighted by Gasteiger charge is -2.14. The summed E-state index contributed by atoms with van der Waals surface area (Å²) >= 11 is 0. The van der Waals surface area contributed by atoms with Gasteiger partial charge in [-0.3, -0.25) is 4.79 Å². The number of amides is 1. The summed E-state index contributed by atoms with van der Waals surface area (Å²) in [5, 5.41) is 29.9. The maximum Gasteiger partial charge on any atom is 0.251 e. The molecule has 4 N–H and O–H groups in total. The number of hydrogen-bond donors (Lipinski definition) is 4. The molecule has 88 valence electrons. The van der Waals surface area contributed by atoms with Crippen molar-refractivity contribution in [3.8, 4) is 11.5 Å². The fourth-order valence-corrected chi connectivity index (χ4v) is 1.27. The lowest BCUT2D eigenvalue weighted by molar-refractivity contribution is 0.0914. The third-order valence-corrected chi connectivity index (χ3v) is 2.21. The van der Waals surface area contributed by atoms with Gasteiger partial charge in [-0.05, 0) is 18.6 Å². The van der Waals surface area contributed by atoms with Gasteiger partial charge in [0.15, 0.2) is 0 Å². The average molecular weight is 225 g/mol. The number of carbonyl (C=O) groups excluding carboxylic acids is 1. The molecule has 0 unspecified atom stereocenters. The van der Waals surface area contributed by atoms with Crippen LogP contribution in [0.3, 0.4) is 0 Å². The fraction of sp³-hybridized carbons (Fsp3) is 0.364. The molecule has 5 heteroatoms. The summed E-state index contributed by atoms with van der Waals surface area (Å²) in [5.74, 6) is -0.795. The molecule has 0 saturated carbocycles. The van der Waals surface area contributed by atoms with Gasteiger partial charge in [-0.15, -0.1) is 0 Å². The van der Waals surface area contributed by atoms with E-state index in [9.17, 15) is 15.0 Å². The first-order valence-corrected chi connectivity index (χ1v) is 5.01. The normalized spacial score (nSPS) is 12.1. The molecular formula is C11H15NO4. The summed E-state index contributed by atoms with van der Waals surface area (Å²) in [6.07, 6.45) is 0.604. The second kappa shape index (κ2) is 5.37. The van der Waals surface area contributed by atoms with Crippen LogP contribution < -0.4 is 5.32 Å². The van der Waals surface area contributed by atoms with Gasteiger partial charge < -0.3 is 20.6 Å². The van der Waals surface area contributed by atoms with E-state index < -0.39 is 5.91 Å². The largest absolute Gasteiger partial charge is 0.508 e. The van der Waals surface area contributed by atoms with E-state index in [4.69, 9.17) is 5.11 Å². The van der Waals surface area contributed by atoms with Crippen LogP contribution >= 0.6 is 0 Å². The Morgan fingerprint density at radius 2 is 1.88 bits per heavy atom. The molecule has 1 atom stereocenters. The molecule has 0 bridgehead atoms. The highest BCUT2D eigenvalue weighted by molar-refractivity contribution is 5.95. The number of nitrogens with one attached hydrogen (secondary N) is 1. The van der Waals surface area contributed by atoms with E-state index in [0.717, 1.165) is 6.07 Å². The molecule has 1 amide bonds. The molecule has 1 aromatic carbocycles. The Morgan fingerprint density at radius 1 is 1.31 bits per heavy atom. The minimum Gasteiger partial charge on any atom is -0.508 e. The summed E-state index contributed by atoms with van der Waals surface area (Å²) in [6.45, 7) is 1.69. The van der Waals surface area contributed by atoms with E-state index >= 15 is 0 Å². The van der Waals surface area contributed by atoms with Gasteiger partial charge >= 0.3 is 0 Å². The van der Waals surface area contributed by atoms with Gasteiger partial charge in [-0.1, -0.05) is 6.92 Å². The minimum atomic E-state index is -0.438. The van der Waals surface area contributed by atoms with E-state index in [-0.39, 0.29) is 29.7 Å². The minimum absolute atomic E-state index is 0.146. The predicted molar refractivity (Wildman–Crippen MR) is 58.4 cm³/mol. The SMILES string of the molecule is CC[C@H](CO)NC(=O)c1cc(O)cc(O)c1. The Kier molecular flexibility index (Phi) is 4.13. The van der Waals surface area contributed by atoms with Gasteiger partial charge in [0.1, 0.15) is 11.5 Å². The van der Waals surface area contributed by atoms with Crippen LogP contribution in [0.4, 0.5) is 0 Å². The van der Waals surface area contributed by atoms with Crippen LogP contribution in [-0.4, -0.2) is 33.9 Å². The fourth-order valence-electron chi connectivity index (χ4n) is 1.27. The molecule has 0 aliphatic heterocycles. The van der Waals surface area contributed by atoms with Crippen molar-refractivity contribution in [2.75, 3.05) is 6.61 Å². The average Bonchev–Trinajstić information content (AvgIpc) is 2.24. The van der Waals surface area contributed by atoms with E-state index in [1.165, 1.54) is 12.1 Å². The number of hydrogen-bond acceptors (Lipinski definition) is 4. The van der Waals surface area contributed by atoms with Crippen molar-refractivity contribution in [2.45, 2.75) is 19.4 Å². The Morgan fingerprint density at radius 3 is 2.31 bits per heavy atom. The summed E-state index contributed by atoms with van der Waals surface area (Å²) in [4.78, 5) is 11.6. The Hall–Kier alpha value is -1.75. The number of aliphatic hydroxyl groups is 1. The predicted octanol–water partition coefficient (Wildman–Crippen LogP) is 0.599. The van der Waals surface area contributed by atoms with Crippen LogP contribution in [0.5, 0.6) is 11.5 Å². The molecule has 0 fully saturated rings. The third-order valence-electron chi connectivity index (χ3n) is 2.21. The first-order chi connectivity index (χ1) is 7.56. The van der Waals surface area contributed by atoms with Crippen molar-refractivity contribution < 1.29 is 20.1 Å². The van der Waals surface area contributed by atoms with Crippen molar-refractivity contribution in [1.29, 1.82) is 0 Å². The monoisotopic (exact) mass is 225 g/mol. The third kappa shape index (κ3) is 3.13. The molecule has 16 heavy (non-hydrogen) atoms. The molecule has 0 radical (unpaired) electrons. The molecule has 5 nitrogen and oxygen atoms in total. The van der Waals surface area contributed by atoms with Crippen molar-refractivity contribution in [2.24, 2.45) is 0 Å². The second-order valence-corrected chi connectivity index (χ2v) is 3.50. The second-order valence-electron chi connectivity index (χ2n) is 3.50. The van der Waals surface area contributed by atoms with E-state index in [0.29, 0.717) is 6.42 Å². The van der Waals surface area contributed by atoms with E-state index in [1.807, 2.05) is 6.92 Å². The highest BCUT2D eigenvalue weighted by atomic mass is 16.3. The first kappa shape index (κ1) is 12.3. The Balaban J connectivity index is 2.80. The molecule has 0 aromatic heterocycles. The number of rotatable bonds is 4. The zero-order valence-electron chi connectivity index (χ0n) is 8.97. The number of benzene rings is 1. The summed E-state index contributed by atoms with van der Waals surface area (Å²) in [7, 11) is 0.